The van der Waals surface area contributed by atoms with Crippen LogP contribution in [0.15, 0.2) is 121 Å². The van der Waals surface area contributed by atoms with Gasteiger partial charge in [0.15, 0.2) is 0 Å². The number of nitrogens with zero attached hydrogens (tertiary/aromatic N) is 1. The van der Waals surface area contributed by atoms with E-state index < -0.39 is 8.07 Å². The molecule has 2 fully saturated rings. The van der Waals surface area contributed by atoms with Crippen molar-refractivity contribution in [3.63, 3.8) is 0 Å². The maximum absolute atomic E-state index is 6.93. The van der Waals surface area contributed by atoms with E-state index >= 15 is 0 Å². The third kappa shape index (κ3) is 4.95. The first-order chi connectivity index (χ1) is 18.3. The van der Waals surface area contributed by atoms with E-state index in [1.807, 2.05) is 0 Å². The molecule has 188 valence electrons. The molecule has 0 unspecified atom stereocenters. The van der Waals surface area contributed by atoms with Gasteiger partial charge in [0.25, 0.3) is 0 Å². The summed E-state index contributed by atoms with van der Waals surface area (Å²) in [6.07, 6.45) is 1.26. The van der Waals surface area contributed by atoms with Gasteiger partial charge in [-0.3, -0.25) is 4.90 Å². The van der Waals surface area contributed by atoms with Gasteiger partial charge in [-0.05, 0) is 30.1 Å². The molecule has 6 rings (SSSR count). The third-order valence-corrected chi connectivity index (χ3v) is 13.7. The summed E-state index contributed by atoms with van der Waals surface area (Å²) in [5.41, 5.74) is 2.75. The van der Waals surface area contributed by atoms with Crippen molar-refractivity contribution < 1.29 is 9.47 Å². The smallest absolute Gasteiger partial charge is 0.138 e. The molecule has 2 aliphatic heterocycles. The SMILES string of the molecule is c1ccc(CO[C@@H]2[C@@H]3N(CCC[Si]3(c3ccccc3)c3ccccc3)C[C@H]2OCc2ccccc2)cc1. The number of hydrogen-bond donors (Lipinski definition) is 0. The van der Waals surface area contributed by atoms with E-state index in [-0.39, 0.29) is 12.2 Å². The summed E-state index contributed by atoms with van der Waals surface area (Å²) in [4.78, 5) is 2.71. The van der Waals surface area contributed by atoms with Crippen LogP contribution in [0.5, 0.6) is 0 Å². The molecule has 0 aliphatic carbocycles. The highest BCUT2D eigenvalue weighted by Crippen LogP contribution is 2.37. The Morgan fingerprint density at radius 1 is 0.622 bits per heavy atom. The summed E-state index contributed by atoms with van der Waals surface area (Å²) in [7, 11) is -2.20. The summed E-state index contributed by atoms with van der Waals surface area (Å²) in [6, 6.07) is 44.9. The fraction of sp³-hybridized carbons (Fsp3) is 0.273. The molecular weight excluding hydrogens is 470 g/mol. The molecule has 2 saturated heterocycles. The number of fused-ring (bicyclic) bond motifs is 1. The minimum atomic E-state index is -2.20. The van der Waals surface area contributed by atoms with Crippen LogP contribution in [0.1, 0.15) is 17.5 Å². The predicted octanol–water partition coefficient (Wildman–Crippen LogP) is 5.05. The van der Waals surface area contributed by atoms with E-state index in [0.717, 1.165) is 13.1 Å². The average molecular weight is 506 g/mol. The Kier molecular flexibility index (Phi) is 7.33. The van der Waals surface area contributed by atoms with Crippen molar-refractivity contribution in [1.29, 1.82) is 0 Å². The molecule has 2 aliphatic rings. The highest BCUT2D eigenvalue weighted by Gasteiger charge is 2.58. The molecule has 4 aromatic rings. The lowest BCUT2D eigenvalue weighted by atomic mass is 10.2. The molecule has 0 aromatic heterocycles. The van der Waals surface area contributed by atoms with Gasteiger partial charge < -0.3 is 9.47 Å². The van der Waals surface area contributed by atoms with E-state index in [1.165, 1.54) is 34.0 Å². The normalized spacial score (nSPS) is 23.0. The van der Waals surface area contributed by atoms with Crippen LogP contribution in [0.2, 0.25) is 6.04 Å². The summed E-state index contributed by atoms with van der Waals surface area (Å²) in [6.45, 7) is 3.25. The van der Waals surface area contributed by atoms with Crippen molar-refractivity contribution >= 4 is 18.4 Å². The molecule has 0 N–H and O–H groups in total. The summed E-state index contributed by atoms with van der Waals surface area (Å²) < 4.78 is 13.6. The first-order valence-electron chi connectivity index (χ1n) is 13.5. The minimum Gasteiger partial charge on any atom is -0.369 e. The van der Waals surface area contributed by atoms with Gasteiger partial charge in [0.2, 0.25) is 0 Å². The zero-order chi connectivity index (χ0) is 24.9. The van der Waals surface area contributed by atoms with Crippen molar-refractivity contribution in [3.05, 3.63) is 132 Å². The van der Waals surface area contributed by atoms with Gasteiger partial charge >= 0.3 is 0 Å². The number of benzene rings is 4. The van der Waals surface area contributed by atoms with E-state index in [2.05, 4.69) is 126 Å². The maximum Gasteiger partial charge on any atom is 0.138 e. The van der Waals surface area contributed by atoms with E-state index in [1.54, 1.807) is 0 Å². The van der Waals surface area contributed by atoms with Crippen LogP contribution >= 0.6 is 0 Å². The van der Waals surface area contributed by atoms with Crippen LogP contribution in [-0.2, 0) is 22.7 Å². The van der Waals surface area contributed by atoms with Crippen LogP contribution in [-0.4, -0.2) is 43.9 Å². The maximum atomic E-state index is 6.93. The average Bonchev–Trinajstić information content (AvgIpc) is 3.35. The summed E-state index contributed by atoms with van der Waals surface area (Å²) in [5.74, 6) is 0. The van der Waals surface area contributed by atoms with Crippen LogP contribution < -0.4 is 10.4 Å². The molecule has 37 heavy (non-hydrogen) atoms. The fourth-order valence-corrected chi connectivity index (χ4v) is 12.5. The molecule has 0 radical (unpaired) electrons. The standard InChI is InChI=1S/C33H35NO2Si/c1-5-14-27(15-6-1)25-35-31-24-34-22-13-23-37(29-18-9-3-10-19-29,30-20-11-4-12-21-30)33(34)32(31)36-26-28-16-7-2-8-17-28/h1-12,14-21,31-33H,13,22-26H2/t31-,32+,33-/m1/s1. The van der Waals surface area contributed by atoms with Crippen LogP contribution in [0.3, 0.4) is 0 Å². The van der Waals surface area contributed by atoms with Gasteiger partial charge in [-0.1, -0.05) is 132 Å². The molecule has 0 spiro atoms. The molecule has 3 atom stereocenters. The highest BCUT2D eigenvalue weighted by molar-refractivity contribution is 7.03. The number of rotatable bonds is 8. The number of hydrogen-bond acceptors (Lipinski definition) is 3. The van der Waals surface area contributed by atoms with Gasteiger partial charge in [-0.25, -0.2) is 0 Å². The van der Waals surface area contributed by atoms with Gasteiger partial charge in [-0.2, -0.15) is 0 Å². The Morgan fingerprint density at radius 2 is 1.11 bits per heavy atom. The molecule has 2 heterocycles. The fourth-order valence-electron chi connectivity index (χ4n) is 6.55. The summed E-state index contributed by atoms with van der Waals surface area (Å²) in [5, 5.41) is 3.01. The molecule has 0 amide bonds. The molecule has 0 saturated carbocycles. The Bertz CT molecular complexity index is 1210. The zero-order valence-electron chi connectivity index (χ0n) is 21.3. The predicted molar refractivity (Wildman–Crippen MR) is 153 cm³/mol. The van der Waals surface area contributed by atoms with Crippen molar-refractivity contribution in [1.82, 2.24) is 4.90 Å². The van der Waals surface area contributed by atoms with Gasteiger partial charge in [0.05, 0.1) is 25.4 Å². The molecular formula is C33H35NO2Si. The Labute approximate surface area is 221 Å². The topological polar surface area (TPSA) is 21.7 Å². The monoisotopic (exact) mass is 505 g/mol. The van der Waals surface area contributed by atoms with Crippen molar-refractivity contribution in [2.75, 3.05) is 13.1 Å². The van der Waals surface area contributed by atoms with Crippen molar-refractivity contribution in [2.45, 2.75) is 43.6 Å². The molecule has 4 aromatic carbocycles. The second kappa shape index (κ2) is 11.2. The third-order valence-electron chi connectivity index (χ3n) is 8.18. The van der Waals surface area contributed by atoms with Crippen LogP contribution in [0.4, 0.5) is 0 Å². The molecule has 3 nitrogen and oxygen atoms in total. The second-order valence-electron chi connectivity index (χ2n) is 10.3. The van der Waals surface area contributed by atoms with Crippen LogP contribution in [0, 0.1) is 0 Å². The lowest BCUT2D eigenvalue weighted by Gasteiger charge is -2.48. The van der Waals surface area contributed by atoms with Crippen molar-refractivity contribution in [3.8, 4) is 0 Å². The minimum absolute atomic E-state index is 0.0105. The molecule has 4 heteroatoms. The van der Waals surface area contributed by atoms with E-state index in [9.17, 15) is 0 Å². The Morgan fingerprint density at radius 3 is 1.65 bits per heavy atom. The largest absolute Gasteiger partial charge is 0.369 e. The highest BCUT2D eigenvalue weighted by atomic mass is 28.3. The van der Waals surface area contributed by atoms with Gasteiger partial charge in [0.1, 0.15) is 8.07 Å². The molecule has 0 bridgehead atoms. The van der Waals surface area contributed by atoms with Crippen molar-refractivity contribution in [2.24, 2.45) is 0 Å². The Hall–Kier alpha value is -3.02. The quantitative estimate of drug-likeness (QED) is 0.313. The summed E-state index contributed by atoms with van der Waals surface area (Å²) >= 11 is 0. The van der Waals surface area contributed by atoms with E-state index in [4.69, 9.17) is 9.47 Å². The first kappa shape index (κ1) is 24.3. The first-order valence-corrected chi connectivity index (χ1v) is 15.8. The van der Waals surface area contributed by atoms with Gasteiger partial charge in [0, 0.05) is 12.2 Å². The lowest BCUT2D eigenvalue weighted by molar-refractivity contribution is -0.0639. The van der Waals surface area contributed by atoms with Crippen LogP contribution in [0.25, 0.3) is 0 Å². The zero-order valence-corrected chi connectivity index (χ0v) is 22.3. The lowest BCUT2D eigenvalue weighted by Crippen LogP contribution is -2.74. The van der Waals surface area contributed by atoms with Gasteiger partial charge in [-0.15, -0.1) is 0 Å². The Balaban J connectivity index is 1.39. The second-order valence-corrected chi connectivity index (χ2v) is 14.5. The number of ether oxygens (including phenoxy) is 2. The van der Waals surface area contributed by atoms with E-state index in [0.29, 0.717) is 18.9 Å².